The van der Waals surface area contributed by atoms with E-state index in [1.165, 1.54) is 42.4 Å². The van der Waals surface area contributed by atoms with E-state index in [0.29, 0.717) is 0 Å². The van der Waals surface area contributed by atoms with Crippen LogP contribution >= 0.6 is 22.7 Å². The standard InChI is InChI=1S/C36H22N2S2/c1-3-7-33-31(5-1)37-35(39-33)26-15-9-23(10-16-26)28-19-13-25-14-20-29(22-30(25)21-28)24-11-17-27(18-12-24)36-38-32-6-2-4-8-34(32)40-36/h1-22H. The third-order valence-corrected chi connectivity index (χ3v) is 9.53. The molecule has 8 aromatic rings. The zero-order valence-corrected chi connectivity index (χ0v) is 23.0. The second kappa shape index (κ2) is 9.53. The summed E-state index contributed by atoms with van der Waals surface area (Å²) < 4.78 is 2.44. The maximum absolute atomic E-state index is 4.81. The number of hydrogen-bond donors (Lipinski definition) is 0. The third-order valence-electron chi connectivity index (χ3n) is 7.36. The molecular weight excluding hydrogens is 525 g/mol. The first-order chi connectivity index (χ1) is 19.8. The van der Waals surface area contributed by atoms with E-state index in [1.54, 1.807) is 22.7 Å². The minimum absolute atomic E-state index is 1.06. The van der Waals surface area contributed by atoms with Crippen molar-refractivity contribution in [3.05, 3.63) is 133 Å². The highest BCUT2D eigenvalue weighted by molar-refractivity contribution is 7.22. The van der Waals surface area contributed by atoms with Crippen LogP contribution in [0.5, 0.6) is 0 Å². The first-order valence-electron chi connectivity index (χ1n) is 13.2. The van der Waals surface area contributed by atoms with Gasteiger partial charge in [-0.25, -0.2) is 9.97 Å². The molecule has 2 aromatic heterocycles. The van der Waals surface area contributed by atoms with Gasteiger partial charge in [-0.1, -0.05) is 97.1 Å². The zero-order valence-electron chi connectivity index (χ0n) is 21.4. The summed E-state index contributed by atoms with van der Waals surface area (Å²) in [5.74, 6) is 0. The third kappa shape index (κ3) is 4.19. The first kappa shape index (κ1) is 23.3. The maximum Gasteiger partial charge on any atom is 0.124 e. The van der Waals surface area contributed by atoms with Gasteiger partial charge < -0.3 is 0 Å². The predicted molar refractivity (Wildman–Crippen MR) is 172 cm³/mol. The fraction of sp³-hybridized carbons (Fsp3) is 0. The quantitative estimate of drug-likeness (QED) is 0.219. The van der Waals surface area contributed by atoms with Crippen LogP contribution in [0.2, 0.25) is 0 Å². The van der Waals surface area contributed by atoms with Crippen LogP contribution in [0.1, 0.15) is 0 Å². The smallest absolute Gasteiger partial charge is 0.124 e. The molecule has 188 valence electrons. The summed E-state index contributed by atoms with van der Waals surface area (Å²) in [6.45, 7) is 0. The minimum Gasteiger partial charge on any atom is -0.236 e. The number of thiazole rings is 2. The maximum atomic E-state index is 4.81. The van der Waals surface area contributed by atoms with Crippen LogP contribution in [0.4, 0.5) is 0 Å². The van der Waals surface area contributed by atoms with Crippen LogP contribution in [0.3, 0.4) is 0 Å². The fourth-order valence-electron chi connectivity index (χ4n) is 5.21. The highest BCUT2D eigenvalue weighted by Gasteiger charge is 2.09. The Kier molecular flexibility index (Phi) is 5.54. The van der Waals surface area contributed by atoms with Gasteiger partial charge in [-0.2, -0.15) is 0 Å². The minimum atomic E-state index is 1.06. The van der Waals surface area contributed by atoms with Crippen molar-refractivity contribution in [3.8, 4) is 43.4 Å². The molecule has 0 saturated heterocycles. The van der Waals surface area contributed by atoms with Crippen molar-refractivity contribution >= 4 is 53.9 Å². The molecular formula is C36H22N2S2. The summed E-state index contributed by atoms with van der Waals surface area (Å²) in [6.07, 6.45) is 0. The van der Waals surface area contributed by atoms with Crippen molar-refractivity contribution in [1.82, 2.24) is 9.97 Å². The van der Waals surface area contributed by atoms with Gasteiger partial charge in [0.1, 0.15) is 10.0 Å². The topological polar surface area (TPSA) is 25.8 Å². The predicted octanol–water partition coefficient (Wildman–Crippen LogP) is 10.7. The summed E-state index contributed by atoms with van der Waals surface area (Å²) in [5.41, 5.74) is 9.27. The Labute approximate surface area is 239 Å². The van der Waals surface area contributed by atoms with Crippen molar-refractivity contribution < 1.29 is 0 Å². The molecule has 0 atom stereocenters. The molecule has 2 heterocycles. The van der Waals surface area contributed by atoms with Crippen molar-refractivity contribution in [2.45, 2.75) is 0 Å². The molecule has 8 rings (SSSR count). The summed E-state index contributed by atoms with van der Waals surface area (Å²) in [5, 5.41) is 4.60. The van der Waals surface area contributed by atoms with Crippen molar-refractivity contribution in [2.24, 2.45) is 0 Å². The van der Waals surface area contributed by atoms with Crippen LogP contribution in [-0.4, -0.2) is 9.97 Å². The van der Waals surface area contributed by atoms with Gasteiger partial charge in [-0.3, -0.25) is 0 Å². The van der Waals surface area contributed by atoms with Gasteiger partial charge in [0.05, 0.1) is 20.4 Å². The van der Waals surface area contributed by atoms with Crippen molar-refractivity contribution in [3.63, 3.8) is 0 Å². The summed E-state index contributed by atoms with van der Waals surface area (Å²) in [4.78, 5) is 9.63. The second-order valence-electron chi connectivity index (χ2n) is 9.90. The van der Waals surface area contributed by atoms with Gasteiger partial charge in [0, 0.05) is 11.1 Å². The number of hydrogen-bond acceptors (Lipinski definition) is 4. The Bertz CT molecular complexity index is 1930. The van der Waals surface area contributed by atoms with E-state index in [9.17, 15) is 0 Å². The summed E-state index contributed by atoms with van der Waals surface area (Å²) >= 11 is 3.48. The molecule has 2 nitrogen and oxygen atoms in total. The van der Waals surface area contributed by atoms with Gasteiger partial charge in [0.15, 0.2) is 0 Å². The molecule has 0 amide bonds. The SMILES string of the molecule is c1ccc2sc(-c3ccc(-c4ccc5ccc(-c6ccc(-c7nc8ccccc8s7)cc6)cc5c4)cc3)nc2c1. The van der Waals surface area contributed by atoms with Crippen LogP contribution in [0.25, 0.3) is 74.6 Å². The van der Waals surface area contributed by atoms with E-state index >= 15 is 0 Å². The number of rotatable bonds is 4. The number of fused-ring (bicyclic) bond motifs is 3. The molecule has 4 heteroatoms. The largest absolute Gasteiger partial charge is 0.236 e. The molecule has 0 unspecified atom stereocenters. The average Bonchev–Trinajstić information content (AvgIpc) is 3.66. The molecule has 0 spiro atoms. The van der Waals surface area contributed by atoms with Crippen LogP contribution in [-0.2, 0) is 0 Å². The van der Waals surface area contributed by atoms with E-state index in [1.807, 2.05) is 12.1 Å². The molecule has 0 N–H and O–H groups in total. The van der Waals surface area contributed by atoms with Gasteiger partial charge in [-0.15, -0.1) is 22.7 Å². The Balaban J connectivity index is 1.08. The van der Waals surface area contributed by atoms with Crippen LogP contribution in [0, 0.1) is 0 Å². The van der Waals surface area contributed by atoms with Gasteiger partial charge in [0.2, 0.25) is 0 Å². The summed E-state index contributed by atoms with van der Waals surface area (Å²) in [6, 6.07) is 47.6. The second-order valence-corrected chi connectivity index (χ2v) is 12.0. The molecule has 6 aromatic carbocycles. The Morgan fingerprint density at radius 1 is 0.350 bits per heavy atom. The van der Waals surface area contributed by atoms with Gasteiger partial charge >= 0.3 is 0 Å². The van der Waals surface area contributed by atoms with E-state index < -0.39 is 0 Å². The van der Waals surface area contributed by atoms with E-state index in [4.69, 9.17) is 9.97 Å². The molecule has 0 radical (unpaired) electrons. The van der Waals surface area contributed by atoms with Crippen molar-refractivity contribution in [2.75, 3.05) is 0 Å². The molecule has 0 aliphatic rings. The lowest BCUT2D eigenvalue weighted by Gasteiger charge is -2.08. The van der Waals surface area contributed by atoms with E-state index in [2.05, 4.69) is 121 Å². The average molecular weight is 547 g/mol. The lowest BCUT2D eigenvalue weighted by atomic mass is 9.97. The molecule has 0 fully saturated rings. The van der Waals surface area contributed by atoms with E-state index in [0.717, 1.165) is 32.2 Å². The van der Waals surface area contributed by atoms with Crippen LogP contribution < -0.4 is 0 Å². The molecule has 40 heavy (non-hydrogen) atoms. The normalized spacial score (nSPS) is 11.5. The Morgan fingerprint density at radius 2 is 0.750 bits per heavy atom. The van der Waals surface area contributed by atoms with E-state index in [-0.39, 0.29) is 0 Å². The molecule has 0 saturated carbocycles. The van der Waals surface area contributed by atoms with Crippen molar-refractivity contribution in [1.29, 1.82) is 0 Å². The molecule has 0 bridgehead atoms. The molecule has 0 aliphatic heterocycles. The van der Waals surface area contributed by atoms with Gasteiger partial charge in [-0.05, 0) is 69.4 Å². The highest BCUT2D eigenvalue weighted by atomic mass is 32.1. The lowest BCUT2D eigenvalue weighted by Crippen LogP contribution is -1.83. The summed E-state index contributed by atoms with van der Waals surface area (Å²) in [7, 11) is 0. The number of nitrogens with zero attached hydrogens (tertiary/aromatic N) is 2. The zero-order chi connectivity index (χ0) is 26.5. The Morgan fingerprint density at radius 3 is 1.20 bits per heavy atom. The highest BCUT2D eigenvalue weighted by Crippen LogP contribution is 2.34. The number of para-hydroxylation sites is 2. The van der Waals surface area contributed by atoms with Crippen LogP contribution in [0.15, 0.2) is 133 Å². The number of aromatic nitrogens is 2. The number of benzene rings is 6. The monoisotopic (exact) mass is 546 g/mol. The Hall–Kier alpha value is -4.64. The van der Waals surface area contributed by atoms with Gasteiger partial charge in [0.25, 0.3) is 0 Å². The first-order valence-corrected chi connectivity index (χ1v) is 14.9. The lowest BCUT2D eigenvalue weighted by molar-refractivity contribution is 1.47. The molecule has 0 aliphatic carbocycles. The fourth-order valence-corrected chi connectivity index (χ4v) is 7.15.